The van der Waals surface area contributed by atoms with E-state index in [2.05, 4.69) is 10.3 Å². The van der Waals surface area contributed by atoms with Crippen LogP contribution in [0, 0.1) is 6.92 Å². The summed E-state index contributed by atoms with van der Waals surface area (Å²) in [5, 5.41) is 3.21. The maximum absolute atomic E-state index is 12.6. The molecule has 2 heterocycles. The Balaban J connectivity index is 1.77. The van der Waals surface area contributed by atoms with E-state index in [1.54, 1.807) is 16.7 Å². The molecule has 2 aromatic heterocycles. The Morgan fingerprint density at radius 2 is 2.04 bits per heavy atom. The number of fused-ring (bicyclic) bond motifs is 1. The third kappa shape index (κ3) is 3.76. The first-order valence-corrected chi connectivity index (χ1v) is 8.97. The zero-order valence-corrected chi connectivity index (χ0v) is 15.1. The molecule has 26 heavy (non-hydrogen) atoms. The van der Waals surface area contributed by atoms with Crippen LogP contribution in [0.2, 0.25) is 0 Å². The van der Waals surface area contributed by atoms with E-state index in [1.165, 1.54) is 6.20 Å². The molecule has 0 spiro atoms. The number of pyridine rings is 2. The van der Waals surface area contributed by atoms with Gasteiger partial charge in [-0.05, 0) is 38.8 Å². The van der Waals surface area contributed by atoms with Crippen LogP contribution in [0.1, 0.15) is 48.7 Å². The molecule has 138 valence electrons. The molecule has 0 bridgehead atoms. The summed E-state index contributed by atoms with van der Waals surface area (Å²) in [4.78, 5) is 41.3. The molecule has 0 aliphatic heterocycles. The lowest BCUT2D eigenvalue weighted by Crippen LogP contribution is -2.36. The van der Waals surface area contributed by atoms with E-state index in [1.807, 2.05) is 13.8 Å². The second-order valence-corrected chi connectivity index (χ2v) is 6.61. The van der Waals surface area contributed by atoms with Gasteiger partial charge in [0.25, 0.3) is 5.91 Å². The monoisotopic (exact) mass is 357 g/mol. The van der Waals surface area contributed by atoms with Gasteiger partial charge in [0.15, 0.2) is 6.61 Å². The molecular formula is C19H23N3O4. The average molecular weight is 357 g/mol. The van der Waals surface area contributed by atoms with Crippen molar-refractivity contribution in [3.63, 3.8) is 0 Å². The van der Waals surface area contributed by atoms with Gasteiger partial charge in [-0.3, -0.25) is 9.59 Å². The van der Waals surface area contributed by atoms with Crippen LogP contribution < -0.4 is 10.7 Å². The van der Waals surface area contributed by atoms with Crippen molar-refractivity contribution in [3.8, 4) is 0 Å². The quantitative estimate of drug-likeness (QED) is 0.826. The van der Waals surface area contributed by atoms with Crippen LogP contribution in [-0.2, 0) is 16.1 Å². The number of ether oxygens (including phenoxy) is 1. The summed E-state index contributed by atoms with van der Waals surface area (Å²) in [5.41, 5.74) is 0.808. The van der Waals surface area contributed by atoms with Gasteiger partial charge in [-0.2, -0.15) is 0 Å². The summed E-state index contributed by atoms with van der Waals surface area (Å²) in [7, 11) is 0. The Kier molecular flexibility index (Phi) is 5.35. The van der Waals surface area contributed by atoms with Crippen LogP contribution in [0.4, 0.5) is 0 Å². The first kappa shape index (κ1) is 18.1. The highest BCUT2D eigenvalue weighted by molar-refractivity contribution is 5.94. The van der Waals surface area contributed by atoms with E-state index in [-0.39, 0.29) is 24.1 Å². The predicted octanol–water partition coefficient (Wildman–Crippen LogP) is 1.94. The lowest BCUT2D eigenvalue weighted by molar-refractivity contribution is -0.124. The molecule has 2 aromatic rings. The van der Waals surface area contributed by atoms with Crippen molar-refractivity contribution >= 4 is 22.9 Å². The molecule has 0 aromatic carbocycles. The highest BCUT2D eigenvalue weighted by Gasteiger charge is 2.20. The summed E-state index contributed by atoms with van der Waals surface area (Å²) >= 11 is 0. The third-order valence-corrected chi connectivity index (χ3v) is 4.68. The molecule has 7 heteroatoms. The summed E-state index contributed by atoms with van der Waals surface area (Å²) in [6.45, 7) is 3.91. The number of aromatic nitrogens is 2. The van der Waals surface area contributed by atoms with E-state index in [0.717, 1.165) is 31.4 Å². The molecule has 1 aliphatic carbocycles. The molecule has 3 rings (SSSR count). The normalized spacial score (nSPS) is 14.5. The fraction of sp³-hybridized carbons (Fsp3) is 0.474. The zero-order chi connectivity index (χ0) is 18.7. The maximum atomic E-state index is 12.6. The number of esters is 1. The number of carbonyl (C=O) groups excluding carboxylic acids is 2. The van der Waals surface area contributed by atoms with Crippen LogP contribution in [0.25, 0.3) is 11.0 Å². The summed E-state index contributed by atoms with van der Waals surface area (Å²) in [5.74, 6) is -1.12. The van der Waals surface area contributed by atoms with Gasteiger partial charge in [0, 0.05) is 24.5 Å². The minimum Gasteiger partial charge on any atom is -0.452 e. The second-order valence-electron chi connectivity index (χ2n) is 6.61. The molecule has 0 atom stereocenters. The number of hydrogen-bond donors (Lipinski definition) is 1. The zero-order valence-electron chi connectivity index (χ0n) is 15.1. The number of rotatable bonds is 5. The van der Waals surface area contributed by atoms with Crippen molar-refractivity contribution in [2.24, 2.45) is 0 Å². The van der Waals surface area contributed by atoms with Crippen molar-refractivity contribution < 1.29 is 14.3 Å². The third-order valence-electron chi connectivity index (χ3n) is 4.68. The van der Waals surface area contributed by atoms with Crippen LogP contribution in [0.15, 0.2) is 23.1 Å². The van der Waals surface area contributed by atoms with E-state index < -0.39 is 11.4 Å². The van der Waals surface area contributed by atoms with E-state index in [0.29, 0.717) is 17.6 Å². The number of nitrogens with zero attached hydrogens (tertiary/aromatic N) is 2. The first-order chi connectivity index (χ1) is 12.5. The van der Waals surface area contributed by atoms with E-state index in [9.17, 15) is 14.4 Å². The fourth-order valence-electron chi connectivity index (χ4n) is 3.29. The number of carbonyl (C=O) groups is 2. The topological polar surface area (TPSA) is 90.3 Å². The van der Waals surface area contributed by atoms with Crippen LogP contribution in [0.3, 0.4) is 0 Å². The largest absolute Gasteiger partial charge is 0.452 e. The standard InChI is InChI=1S/C19H23N3O4/c1-3-22-10-15(17(24)14-9-8-12(2)20-18(14)22)19(25)26-11-16(23)21-13-6-4-5-7-13/h8-10,13H,3-7,11H2,1-2H3,(H,21,23). The van der Waals surface area contributed by atoms with Gasteiger partial charge in [-0.15, -0.1) is 0 Å². The summed E-state index contributed by atoms with van der Waals surface area (Å²) in [6, 6.07) is 3.55. The molecule has 0 saturated heterocycles. The number of hydrogen-bond acceptors (Lipinski definition) is 5. The summed E-state index contributed by atoms with van der Waals surface area (Å²) < 4.78 is 6.80. The number of nitrogens with one attached hydrogen (secondary N) is 1. The minimum atomic E-state index is -0.791. The SMILES string of the molecule is CCn1cc(C(=O)OCC(=O)NC2CCCC2)c(=O)c2ccc(C)nc21. The van der Waals surface area contributed by atoms with Gasteiger partial charge < -0.3 is 14.6 Å². The Bertz CT molecular complexity index is 898. The van der Waals surface area contributed by atoms with Crippen molar-refractivity contribution in [1.82, 2.24) is 14.9 Å². The van der Waals surface area contributed by atoms with Gasteiger partial charge in [0.05, 0.1) is 5.39 Å². The Labute approximate surface area is 151 Å². The van der Waals surface area contributed by atoms with Gasteiger partial charge in [0.2, 0.25) is 5.43 Å². The number of amides is 1. The van der Waals surface area contributed by atoms with Crippen LogP contribution >= 0.6 is 0 Å². The van der Waals surface area contributed by atoms with Gasteiger partial charge in [-0.1, -0.05) is 12.8 Å². The highest BCUT2D eigenvalue weighted by atomic mass is 16.5. The molecule has 1 fully saturated rings. The lowest BCUT2D eigenvalue weighted by atomic mass is 10.2. The van der Waals surface area contributed by atoms with Crippen molar-refractivity contribution in [2.45, 2.75) is 52.1 Å². The first-order valence-electron chi connectivity index (χ1n) is 8.97. The molecule has 0 unspecified atom stereocenters. The van der Waals surface area contributed by atoms with E-state index in [4.69, 9.17) is 4.74 Å². The molecule has 1 amide bonds. The predicted molar refractivity (Wildman–Crippen MR) is 97.1 cm³/mol. The Morgan fingerprint density at radius 1 is 1.31 bits per heavy atom. The van der Waals surface area contributed by atoms with Gasteiger partial charge in [-0.25, -0.2) is 9.78 Å². The van der Waals surface area contributed by atoms with Crippen LogP contribution in [-0.4, -0.2) is 34.1 Å². The number of aryl methyl sites for hydroxylation is 2. The molecule has 1 aliphatic rings. The van der Waals surface area contributed by atoms with Gasteiger partial charge in [0.1, 0.15) is 11.2 Å². The molecule has 1 saturated carbocycles. The van der Waals surface area contributed by atoms with Crippen molar-refractivity contribution in [3.05, 3.63) is 39.8 Å². The average Bonchev–Trinajstić information content (AvgIpc) is 3.13. The maximum Gasteiger partial charge on any atom is 0.344 e. The summed E-state index contributed by atoms with van der Waals surface area (Å²) in [6.07, 6.45) is 5.57. The minimum absolute atomic E-state index is 0.0846. The molecule has 7 nitrogen and oxygen atoms in total. The molecule has 0 radical (unpaired) electrons. The fourth-order valence-corrected chi connectivity index (χ4v) is 3.29. The van der Waals surface area contributed by atoms with Crippen molar-refractivity contribution in [2.75, 3.05) is 6.61 Å². The molecule has 1 N–H and O–H groups in total. The Hall–Kier alpha value is -2.70. The highest BCUT2D eigenvalue weighted by Crippen LogP contribution is 2.17. The van der Waals surface area contributed by atoms with Gasteiger partial charge >= 0.3 is 5.97 Å². The second kappa shape index (κ2) is 7.68. The Morgan fingerprint density at radius 3 is 2.73 bits per heavy atom. The molecular weight excluding hydrogens is 334 g/mol. The smallest absolute Gasteiger partial charge is 0.344 e. The van der Waals surface area contributed by atoms with Crippen molar-refractivity contribution in [1.29, 1.82) is 0 Å². The lowest BCUT2D eigenvalue weighted by Gasteiger charge is -2.13. The van der Waals surface area contributed by atoms with E-state index >= 15 is 0 Å². The van der Waals surface area contributed by atoms with Crippen LogP contribution in [0.5, 0.6) is 0 Å².